The van der Waals surface area contributed by atoms with Crippen molar-refractivity contribution in [2.75, 3.05) is 29.4 Å². The molecule has 0 aliphatic carbocycles. The number of hydrogen-bond donors (Lipinski definition) is 1. The maximum atomic E-state index is 12.8. The van der Waals surface area contributed by atoms with E-state index in [1.165, 1.54) is 11.1 Å². The van der Waals surface area contributed by atoms with Crippen molar-refractivity contribution >= 4 is 40.4 Å². The first-order valence-corrected chi connectivity index (χ1v) is 16.2. The van der Waals surface area contributed by atoms with Crippen LogP contribution in [-0.2, 0) is 22.5 Å². The van der Waals surface area contributed by atoms with E-state index < -0.39 is 17.7 Å². The Balaban J connectivity index is 1.42. The van der Waals surface area contributed by atoms with Gasteiger partial charge in [0, 0.05) is 53.7 Å². The van der Waals surface area contributed by atoms with Crippen LogP contribution in [0.4, 0.5) is 11.7 Å². The standard InChI is InChI=1S/C36H43ClN4O4/c1-21-29(24-8-9-25-20-41(15-12-23(25)18-24)34-39-27-19-26(37)10-11-28(27)44-34)31(40-16-13-36(6,7)14-17-40)30(22(2)38-21)32(33(42)43)45-35(3,4)5/h8-11,18-19,32H,12-17,20H2,1-7H3,(H,42,43)/t32-/m0/s1. The van der Waals surface area contributed by atoms with Crippen molar-refractivity contribution in [3.63, 3.8) is 0 Å². The molecule has 2 aliphatic heterocycles. The van der Waals surface area contributed by atoms with Gasteiger partial charge < -0.3 is 24.1 Å². The van der Waals surface area contributed by atoms with Crippen LogP contribution in [0, 0.1) is 19.3 Å². The second-order valence-electron chi connectivity index (χ2n) is 14.3. The van der Waals surface area contributed by atoms with Crippen LogP contribution in [0.1, 0.15) is 81.6 Å². The Morgan fingerprint density at radius 3 is 2.42 bits per heavy atom. The minimum Gasteiger partial charge on any atom is -0.479 e. The Morgan fingerprint density at radius 2 is 1.73 bits per heavy atom. The zero-order chi connectivity index (χ0) is 32.3. The molecule has 8 nitrogen and oxygen atoms in total. The van der Waals surface area contributed by atoms with E-state index in [4.69, 9.17) is 30.7 Å². The highest BCUT2D eigenvalue weighted by atomic mass is 35.5. The van der Waals surface area contributed by atoms with Crippen molar-refractivity contribution in [1.82, 2.24) is 9.97 Å². The fourth-order valence-corrected chi connectivity index (χ4v) is 6.82. The van der Waals surface area contributed by atoms with E-state index in [1.807, 2.05) is 52.8 Å². The van der Waals surface area contributed by atoms with E-state index in [1.54, 1.807) is 0 Å². The molecule has 2 aliphatic rings. The molecule has 1 saturated heterocycles. The topological polar surface area (TPSA) is 91.9 Å². The molecule has 0 bridgehead atoms. The minimum atomic E-state index is -1.14. The Kier molecular flexibility index (Phi) is 8.11. The van der Waals surface area contributed by atoms with Gasteiger partial charge in [-0.1, -0.05) is 43.6 Å². The number of carboxylic acid groups (broad SMARTS) is 1. The molecular weight excluding hydrogens is 588 g/mol. The molecule has 238 valence electrons. The normalized spacial score (nSPS) is 17.4. The molecule has 2 aromatic heterocycles. The predicted octanol–water partition coefficient (Wildman–Crippen LogP) is 8.29. The third-order valence-corrected chi connectivity index (χ3v) is 9.32. The molecule has 0 unspecified atom stereocenters. The lowest BCUT2D eigenvalue weighted by molar-refractivity contribution is -0.160. The van der Waals surface area contributed by atoms with Gasteiger partial charge in [-0.05, 0) is 94.2 Å². The summed E-state index contributed by atoms with van der Waals surface area (Å²) in [6.45, 7) is 17.4. The second-order valence-corrected chi connectivity index (χ2v) is 14.7. The summed E-state index contributed by atoms with van der Waals surface area (Å²) in [6, 6.07) is 12.7. The molecule has 0 spiro atoms. The highest BCUT2D eigenvalue weighted by Gasteiger charge is 2.36. The number of oxazole rings is 1. The Labute approximate surface area is 270 Å². The molecule has 9 heteroatoms. The van der Waals surface area contributed by atoms with Gasteiger partial charge in [0.2, 0.25) is 0 Å². The summed E-state index contributed by atoms with van der Waals surface area (Å²) >= 11 is 6.17. The molecule has 0 amide bonds. The number of aliphatic carboxylic acids is 1. The molecule has 0 radical (unpaired) electrons. The summed E-state index contributed by atoms with van der Waals surface area (Å²) in [5.41, 5.74) is 8.73. The van der Waals surface area contributed by atoms with Crippen LogP contribution in [0.2, 0.25) is 5.02 Å². The molecule has 4 heterocycles. The Hall–Kier alpha value is -3.62. The van der Waals surface area contributed by atoms with Gasteiger partial charge in [0.1, 0.15) is 5.52 Å². The van der Waals surface area contributed by atoms with Crippen molar-refractivity contribution in [2.45, 2.75) is 86.0 Å². The van der Waals surface area contributed by atoms with Crippen LogP contribution in [0.25, 0.3) is 22.2 Å². The minimum absolute atomic E-state index is 0.237. The highest BCUT2D eigenvalue weighted by molar-refractivity contribution is 6.31. The summed E-state index contributed by atoms with van der Waals surface area (Å²) in [6.07, 6.45) is 1.73. The van der Waals surface area contributed by atoms with Gasteiger partial charge >= 0.3 is 5.97 Å². The van der Waals surface area contributed by atoms with E-state index in [0.29, 0.717) is 28.8 Å². The number of anilines is 2. The predicted molar refractivity (Wildman–Crippen MR) is 179 cm³/mol. The molecule has 4 aromatic rings. The monoisotopic (exact) mass is 630 g/mol. The highest BCUT2D eigenvalue weighted by Crippen LogP contribution is 2.45. The van der Waals surface area contributed by atoms with Crippen LogP contribution < -0.4 is 9.80 Å². The van der Waals surface area contributed by atoms with E-state index in [-0.39, 0.29) is 5.41 Å². The van der Waals surface area contributed by atoms with Gasteiger partial charge in [-0.3, -0.25) is 4.98 Å². The molecular formula is C36H43ClN4O4. The summed E-state index contributed by atoms with van der Waals surface area (Å²) in [7, 11) is 0. The number of carboxylic acids is 1. The fraction of sp³-hybridized carbons (Fsp3) is 0.472. The SMILES string of the molecule is Cc1nc(C)c([C@H](OC(C)(C)C)C(=O)O)c(N2CCC(C)(C)CC2)c1-c1ccc2c(c1)CCN(c1nc3cc(Cl)ccc3o1)C2. The summed E-state index contributed by atoms with van der Waals surface area (Å²) in [5, 5.41) is 11.1. The number of piperidine rings is 1. The van der Waals surface area contributed by atoms with Gasteiger partial charge in [0.15, 0.2) is 11.7 Å². The van der Waals surface area contributed by atoms with Crippen LogP contribution in [0.5, 0.6) is 0 Å². The number of pyridine rings is 1. The van der Waals surface area contributed by atoms with Crippen LogP contribution in [0.3, 0.4) is 0 Å². The van der Waals surface area contributed by atoms with Crippen molar-refractivity contribution in [2.24, 2.45) is 5.41 Å². The third-order valence-electron chi connectivity index (χ3n) is 9.09. The molecule has 2 aromatic carbocycles. The maximum absolute atomic E-state index is 12.8. The van der Waals surface area contributed by atoms with E-state index in [9.17, 15) is 9.90 Å². The molecule has 1 N–H and O–H groups in total. The summed E-state index contributed by atoms with van der Waals surface area (Å²) in [4.78, 5) is 27.0. The van der Waals surface area contributed by atoms with Crippen LogP contribution >= 0.6 is 11.6 Å². The van der Waals surface area contributed by atoms with E-state index in [0.717, 1.165) is 72.5 Å². The molecule has 1 fully saturated rings. The first-order valence-electron chi connectivity index (χ1n) is 15.8. The number of aromatic nitrogens is 2. The number of benzene rings is 2. The fourth-order valence-electron chi connectivity index (χ4n) is 6.65. The summed E-state index contributed by atoms with van der Waals surface area (Å²) < 4.78 is 12.3. The lowest BCUT2D eigenvalue weighted by atomic mass is 9.81. The largest absolute Gasteiger partial charge is 0.479 e. The third kappa shape index (κ3) is 6.40. The first kappa shape index (κ1) is 31.4. The molecule has 45 heavy (non-hydrogen) atoms. The van der Waals surface area contributed by atoms with Crippen LogP contribution in [0.15, 0.2) is 40.8 Å². The quantitative estimate of drug-likeness (QED) is 0.227. The van der Waals surface area contributed by atoms with Crippen molar-refractivity contribution in [3.05, 3.63) is 69.5 Å². The van der Waals surface area contributed by atoms with Gasteiger partial charge in [0.05, 0.1) is 11.3 Å². The van der Waals surface area contributed by atoms with Gasteiger partial charge in [-0.2, -0.15) is 4.98 Å². The van der Waals surface area contributed by atoms with Crippen LogP contribution in [-0.4, -0.2) is 46.3 Å². The number of rotatable bonds is 6. The average molecular weight is 631 g/mol. The number of carbonyl (C=O) groups is 1. The number of aryl methyl sites for hydroxylation is 2. The van der Waals surface area contributed by atoms with Crippen molar-refractivity contribution in [1.29, 1.82) is 0 Å². The average Bonchev–Trinajstić information content (AvgIpc) is 3.38. The zero-order valence-electron chi connectivity index (χ0n) is 27.3. The summed E-state index contributed by atoms with van der Waals surface area (Å²) in [5.74, 6) is -1.00. The number of ether oxygens (including phenoxy) is 1. The lowest BCUT2D eigenvalue weighted by Crippen LogP contribution is -2.39. The Morgan fingerprint density at radius 1 is 1.00 bits per heavy atom. The van der Waals surface area contributed by atoms with Crippen molar-refractivity contribution in [3.8, 4) is 11.1 Å². The zero-order valence-corrected chi connectivity index (χ0v) is 28.1. The molecule has 0 saturated carbocycles. The molecule has 6 rings (SSSR count). The van der Waals surface area contributed by atoms with E-state index >= 15 is 0 Å². The van der Waals surface area contributed by atoms with E-state index in [2.05, 4.69) is 41.8 Å². The van der Waals surface area contributed by atoms with Gasteiger partial charge in [-0.25, -0.2) is 4.79 Å². The van der Waals surface area contributed by atoms with Crippen molar-refractivity contribution < 1.29 is 19.1 Å². The first-order chi connectivity index (χ1) is 21.2. The Bertz CT molecular complexity index is 1760. The number of hydrogen-bond acceptors (Lipinski definition) is 7. The number of fused-ring (bicyclic) bond motifs is 2. The number of halogens is 1. The number of nitrogens with zero attached hydrogens (tertiary/aromatic N) is 4. The van der Waals surface area contributed by atoms with Gasteiger partial charge in [0.25, 0.3) is 6.01 Å². The molecule has 1 atom stereocenters. The van der Waals surface area contributed by atoms with Gasteiger partial charge in [-0.15, -0.1) is 0 Å². The smallest absolute Gasteiger partial charge is 0.337 e. The maximum Gasteiger partial charge on any atom is 0.337 e. The lowest BCUT2D eigenvalue weighted by Gasteiger charge is -2.41. The second kappa shape index (κ2) is 11.6.